The number of nitrogens with one attached hydrogen (secondary N) is 2. The Morgan fingerprint density at radius 3 is 2.96 bits per heavy atom. The molecule has 0 aliphatic carbocycles. The summed E-state index contributed by atoms with van der Waals surface area (Å²) in [6.07, 6.45) is 4.82. The highest BCUT2D eigenvalue weighted by atomic mass is 16.1. The molecule has 0 radical (unpaired) electrons. The molecule has 0 saturated heterocycles. The van der Waals surface area contributed by atoms with Crippen LogP contribution in [0.4, 0.5) is 0 Å². The van der Waals surface area contributed by atoms with Crippen molar-refractivity contribution in [3.63, 3.8) is 0 Å². The highest BCUT2D eigenvalue weighted by Crippen LogP contribution is 2.18. The summed E-state index contributed by atoms with van der Waals surface area (Å²) in [5.74, 6) is 0.0397. The number of nitrogens with zero attached hydrogens (tertiary/aromatic N) is 1. The predicted molar refractivity (Wildman–Crippen MR) is 102 cm³/mol. The van der Waals surface area contributed by atoms with Crippen LogP contribution in [0.1, 0.15) is 11.1 Å². The Hall–Kier alpha value is -3.01. The molecular weight excluding hydrogens is 310 g/mol. The molecule has 4 nitrogen and oxygen atoms in total. The first kappa shape index (κ1) is 15.5. The average Bonchev–Trinajstić information content (AvgIpc) is 3.19. The molecule has 2 aromatic heterocycles. The maximum absolute atomic E-state index is 12.3. The van der Waals surface area contributed by atoms with Crippen LogP contribution in [-0.2, 0) is 17.8 Å². The Morgan fingerprint density at radius 2 is 2.04 bits per heavy atom. The van der Waals surface area contributed by atoms with Gasteiger partial charge in [-0.15, -0.1) is 0 Å². The van der Waals surface area contributed by atoms with Crippen molar-refractivity contribution in [2.45, 2.75) is 19.9 Å². The van der Waals surface area contributed by atoms with E-state index in [1.54, 1.807) is 0 Å². The van der Waals surface area contributed by atoms with Gasteiger partial charge in [-0.1, -0.05) is 29.8 Å². The second-order valence-electron chi connectivity index (χ2n) is 6.47. The van der Waals surface area contributed by atoms with Crippen molar-refractivity contribution in [3.05, 3.63) is 72.1 Å². The zero-order valence-corrected chi connectivity index (χ0v) is 14.3. The van der Waals surface area contributed by atoms with Crippen LogP contribution in [0.2, 0.25) is 0 Å². The number of hydrogen-bond donors (Lipinski definition) is 2. The highest BCUT2D eigenvalue weighted by Gasteiger charge is 2.07. The van der Waals surface area contributed by atoms with E-state index in [0.29, 0.717) is 13.1 Å². The second kappa shape index (κ2) is 6.48. The van der Waals surface area contributed by atoms with Crippen LogP contribution in [0.15, 0.2) is 60.9 Å². The summed E-state index contributed by atoms with van der Waals surface area (Å²) in [4.78, 5) is 15.5. The largest absolute Gasteiger partial charge is 0.361 e. The van der Waals surface area contributed by atoms with E-state index < -0.39 is 0 Å². The predicted octanol–water partition coefficient (Wildman–Crippen LogP) is 3.79. The van der Waals surface area contributed by atoms with Gasteiger partial charge in [-0.25, -0.2) is 0 Å². The molecule has 0 saturated carbocycles. The quantitative estimate of drug-likeness (QED) is 0.574. The first-order chi connectivity index (χ1) is 12.2. The van der Waals surface area contributed by atoms with E-state index >= 15 is 0 Å². The number of para-hydroxylation sites is 1. The van der Waals surface area contributed by atoms with Gasteiger partial charge in [0.05, 0.1) is 0 Å². The van der Waals surface area contributed by atoms with Crippen LogP contribution in [0.25, 0.3) is 21.8 Å². The molecule has 4 heteroatoms. The molecule has 0 aliphatic heterocycles. The molecule has 25 heavy (non-hydrogen) atoms. The van der Waals surface area contributed by atoms with E-state index in [1.807, 2.05) is 29.1 Å². The third-order valence-corrected chi connectivity index (χ3v) is 4.63. The van der Waals surface area contributed by atoms with Gasteiger partial charge in [0.15, 0.2) is 0 Å². The minimum absolute atomic E-state index is 0.0397. The molecular formula is C21H21N3O. The number of carbonyl (C=O) groups excluding carboxylic acids is 1. The maximum atomic E-state index is 12.3. The average molecular weight is 331 g/mol. The molecule has 2 aromatic carbocycles. The number of fused-ring (bicyclic) bond motifs is 2. The molecule has 0 atom stereocenters. The maximum Gasteiger partial charge on any atom is 0.239 e. The SMILES string of the molecule is Cc1ccc2c(ccn2CC(=O)NCCc2c[nH]c3ccccc23)c1. The third-order valence-electron chi connectivity index (χ3n) is 4.63. The zero-order valence-electron chi connectivity index (χ0n) is 14.3. The lowest BCUT2D eigenvalue weighted by Crippen LogP contribution is -2.29. The van der Waals surface area contributed by atoms with Crippen molar-refractivity contribution in [2.75, 3.05) is 6.54 Å². The minimum atomic E-state index is 0.0397. The first-order valence-electron chi connectivity index (χ1n) is 8.58. The molecule has 2 N–H and O–H groups in total. The number of benzene rings is 2. The standard InChI is InChI=1S/C21H21N3O/c1-15-6-7-20-16(12-15)9-11-24(20)14-21(25)22-10-8-17-13-23-19-5-3-2-4-18(17)19/h2-7,9,11-13,23H,8,10,14H2,1H3,(H,22,25). The molecule has 0 unspecified atom stereocenters. The summed E-state index contributed by atoms with van der Waals surface area (Å²) in [5.41, 5.74) is 4.70. The Labute approximate surface area is 146 Å². The van der Waals surface area contributed by atoms with Gasteiger partial charge in [0.25, 0.3) is 0 Å². The number of H-pyrrole nitrogens is 1. The fraction of sp³-hybridized carbons (Fsp3) is 0.190. The summed E-state index contributed by atoms with van der Waals surface area (Å²) in [6.45, 7) is 3.06. The molecule has 0 aliphatic rings. The van der Waals surface area contributed by atoms with Crippen molar-refractivity contribution in [3.8, 4) is 0 Å². The fourth-order valence-electron chi connectivity index (χ4n) is 3.34. The Kier molecular flexibility index (Phi) is 4.02. The number of aromatic amines is 1. The van der Waals surface area contributed by atoms with Crippen LogP contribution in [0, 0.1) is 6.92 Å². The fourth-order valence-corrected chi connectivity index (χ4v) is 3.34. The minimum Gasteiger partial charge on any atom is -0.361 e. The summed E-state index contributed by atoms with van der Waals surface area (Å²) >= 11 is 0. The van der Waals surface area contributed by atoms with Gasteiger partial charge in [-0.2, -0.15) is 0 Å². The van der Waals surface area contributed by atoms with Gasteiger partial charge in [-0.3, -0.25) is 4.79 Å². The van der Waals surface area contributed by atoms with Crippen molar-refractivity contribution >= 4 is 27.7 Å². The van der Waals surface area contributed by atoms with Crippen LogP contribution in [-0.4, -0.2) is 22.0 Å². The first-order valence-corrected chi connectivity index (χ1v) is 8.58. The Bertz CT molecular complexity index is 1040. The van der Waals surface area contributed by atoms with Crippen LogP contribution >= 0.6 is 0 Å². The monoisotopic (exact) mass is 331 g/mol. The number of carbonyl (C=O) groups is 1. The summed E-state index contributed by atoms with van der Waals surface area (Å²) in [7, 11) is 0. The van der Waals surface area contributed by atoms with E-state index in [9.17, 15) is 4.79 Å². The molecule has 126 valence electrons. The third kappa shape index (κ3) is 3.15. The lowest BCUT2D eigenvalue weighted by atomic mass is 10.1. The van der Waals surface area contributed by atoms with Gasteiger partial charge in [0.2, 0.25) is 5.91 Å². The highest BCUT2D eigenvalue weighted by molar-refractivity contribution is 5.84. The van der Waals surface area contributed by atoms with Crippen LogP contribution in [0.3, 0.4) is 0 Å². The molecule has 1 amide bonds. The molecule has 0 bridgehead atoms. The number of aromatic nitrogens is 2. The van der Waals surface area contributed by atoms with Crippen molar-refractivity contribution in [1.82, 2.24) is 14.9 Å². The molecule has 0 fully saturated rings. The molecule has 4 aromatic rings. The second-order valence-corrected chi connectivity index (χ2v) is 6.47. The number of hydrogen-bond acceptors (Lipinski definition) is 1. The van der Waals surface area contributed by atoms with E-state index in [4.69, 9.17) is 0 Å². The lowest BCUT2D eigenvalue weighted by Gasteiger charge is -2.07. The summed E-state index contributed by atoms with van der Waals surface area (Å²) < 4.78 is 2.00. The van der Waals surface area contributed by atoms with Crippen molar-refractivity contribution < 1.29 is 4.79 Å². The Morgan fingerprint density at radius 1 is 1.16 bits per heavy atom. The van der Waals surface area contributed by atoms with E-state index in [2.05, 4.69) is 53.6 Å². The van der Waals surface area contributed by atoms with E-state index in [1.165, 1.54) is 21.9 Å². The Balaban J connectivity index is 1.37. The molecule has 4 rings (SSSR count). The topological polar surface area (TPSA) is 49.8 Å². The zero-order chi connectivity index (χ0) is 17.2. The van der Waals surface area contributed by atoms with E-state index in [-0.39, 0.29) is 5.91 Å². The van der Waals surface area contributed by atoms with Crippen LogP contribution < -0.4 is 5.32 Å². The smallest absolute Gasteiger partial charge is 0.239 e. The number of amides is 1. The van der Waals surface area contributed by atoms with Crippen LogP contribution in [0.5, 0.6) is 0 Å². The van der Waals surface area contributed by atoms with Gasteiger partial charge < -0.3 is 14.9 Å². The molecule has 2 heterocycles. The van der Waals surface area contributed by atoms with Gasteiger partial charge in [0, 0.05) is 35.4 Å². The number of rotatable bonds is 5. The summed E-state index contributed by atoms with van der Waals surface area (Å²) in [5, 5.41) is 5.42. The van der Waals surface area contributed by atoms with E-state index in [0.717, 1.165) is 17.5 Å². The number of aryl methyl sites for hydroxylation is 1. The van der Waals surface area contributed by atoms with Crippen molar-refractivity contribution in [1.29, 1.82) is 0 Å². The lowest BCUT2D eigenvalue weighted by molar-refractivity contribution is -0.121. The molecule has 0 spiro atoms. The van der Waals surface area contributed by atoms with Gasteiger partial charge in [0.1, 0.15) is 6.54 Å². The van der Waals surface area contributed by atoms with Gasteiger partial charge in [-0.05, 0) is 48.6 Å². The van der Waals surface area contributed by atoms with Gasteiger partial charge >= 0.3 is 0 Å². The van der Waals surface area contributed by atoms with Crippen molar-refractivity contribution in [2.24, 2.45) is 0 Å². The normalized spacial score (nSPS) is 11.2. The summed E-state index contributed by atoms with van der Waals surface area (Å²) in [6, 6.07) is 16.6.